The Morgan fingerprint density at radius 2 is 1.71 bits per heavy atom. The van der Waals surface area contributed by atoms with E-state index in [1.54, 1.807) is 47.1 Å². The molecule has 0 saturated carbocycles. The number of allylic oxidation sites excluding steroid dienone is 2. The third-order valence-electron chi connectivity index (χ3n) is 6.61. The maximum absolute atomic E-state index is 14.0. The lowest BCUT2D eigenvalue weighted by Gasteiger charge is -2.18. The van der Waals surface area contributed by atoms with E-state index in [4.69, 9.17) is 14.3 Å². The first-order valence-corrected chi connectivity index (χ1v) is 14.6. The van der Waals surface area contributed by atoms with Crippen molar-refractivity contribution in [1.82, 2.24) is 0 Å². The highest BCUT2D eigenvalue weighted by molar-refractivity contribution is 7.85. The van der Waals surface area contributed by atoms with E-state index in [9.17, 15) is 26.5 Å². The average Bonchev–Trinajstić information content (AvgIpc) is 3.43. The minimum atomic E-state index is -4.33. The quantitative estimate of drug-likeness (QED) is 0.147. The molecular formula is C30H26F2N2O7S. The molecule has 5 rings (SSSR count). The molecule has 0 amide bonds. The summed E-state index contributed by atoms with van der Waals surface area (Å²) in [6.45, 7) is 0.688. The SMILES string of the molecule is O=C(O)Cc1ccc(CN2/C(=C/C=C/c3oc4cc(F)ccc4[n+]3CCCCS(=O)(=O)[O-])Oc3cc(F)ccc32)cc1. The van der Waals surface area contributed by atoms with E-state index >= 15 is 0 Å². The van der Waals surface area contributed by atoms with Crippen LogP contribution in [0.1, 0.15) is 29.9 Å². The minimum Gasteiger partial charge on any atom is -0.748 e. The van der Waals surface area contributed by atoms with Crippen LogP contribution in [0.5, 0.6) is 5.75 Å². The van der Waals surface area contributed by atoms with Crippen molar-refractivity contribution in [3.05, 3.63) is 107 Å². The topological polar surface area (TPSA) is 124 Å². The molecule has 0 aliphatic carbocycles. The Kier molecular flexibility index (Phi) is 8.36. The van der Waals surface area contributed by atoms with Gasteiger partial charge in [0.2, 0.25) is 11.5 Å². The van der Waals surface area contributed by atoms with Gasteiger partial charge in [-0.05, 0) is 47.9 Å². The number of halogens is 2. The number of hydrogen-bond acceptors (Lipinski definition) is 7. The smallest absolute Gasteiger partial charge is 0.374 e. The van der Waals surface area contributed by atoms with Crippen LogP contribution in [0.25, 0.3) is 17.2 Å². The summed E-state index contributed by atoms with van der Waals surface area (Å²) >= 11 is 0. The molecule has 12 heteroatoms. The Hall–Kier alpha value is -4.55. The van der Waals surface area contributed by atoms with E-state index < -0.39 is 33.5 Å². The van der Waals surface area contributed by atoms with Crippen molar-refractivity contribution in [2.24, 2.45) is 0 Å². The van der Waals surface area contributed by atoms with E-state index in [1.807, 2.05) is 17.0 Å². The zero-order valence-electron chi connectivity index (χ0n) is 22.2. The molecule has 0 bridgehead atoms. The Morgan fingerprint density at radius 3 is 2.45 bits per heavy atom. The third kappa shape index (κ3) is 7.01. The fourth-order valence-electron chi connectivity index (χ4n) is 4.68. The van der Waals surface area contributed by atoms with Crippen molar-refractivity contribution in [3.63, 3.8) is 0 Å². The van der Waals surface area contributed by atoms with Gasteiger partial charge in [-0.15, -0.1) is 0 Å². The number of benzene rings is 3. The van der Waals surface area contributed by atoms with Gasteiger partial charge in [0, 0.05) is 30.4 Å². The van der Waals surface area contributed by atoms with Crippen LogP contribution < -0.4 is 14.2 Å². The number of carbonyl (C=O) groups is 1. The molecule has 4 aromatic rings. The highest BCUT2D eigenvalue weighted by Gasteiger charge is 2.27. The Balaban J connectivity index is 1.41. The number of unbranched alkanes of at least 4 members (excludes halogenated alkanes) is 1. The number of aromatic nitrogens is 1. The first kappa shape index (κ1) is 29.0. The fraction of sp³-hybridized carbons (Fsp3) is 0.200. The van der Waals surface area contributed by atoms with Gasteiger partial charge in [-0.2, -0.15) is 4.57 Å². The molecule has 2 heterocycles. The van der Waals surface area contributed by atoms with E-state index in [-0.39, 0.29) is 12.8 Å². The van der Waals surface area contributed by atoms with Crippen molar-refractivity contribution in [3.8, 4) is 5.75 Å². The largest absolute Gasteiger partial charge is 0.748 e. The first-order chi connectivity index (χ1) is 20.1. The van der Waals surface area contributed by atoms with Crippen molar-refractivity contribution in [2.45, 2.75) is 32.4 Å². The molecule has 0 spiro atoms. The number of carboxylic acid groups (broad SMARTS) is 1. The first-order valence-electron chi connectivity index (χ1n) is 13.0. The highest BCUT2D eigenvalue weighted by Crippen LogP contribution is 2.40. The predicted molar refractivity (Wildman–Crippen MR) is 148 cm³/mol. The zero-order valence-corrected chi connectivity index (χ0v) is 23.0. The van der Waals surface area contributed by atoms with Crippen LogP contribution in [0.2, 0.25) is 0 Å². The molecule has 42 heavy (non-hydrogen) atoms. The van der Waals surface area contributed by atoms with Crippen LogP contribution in [-0.4, -0.2) is 29.8 Å². The lowest BCUT2D eigenvalue weighted by Crippen LogP contribution is -2.35. The summed E-state index contributed by atoms with van der Waals surface area (Å²) in [5.74, 6) is -1.24. The van der Waals surface area contributed by atoms with Crippen molar-refractivity contribution in [2.75, 3.05) is 10.7 Å². The van der Waals surface area contributed by atoms with Gasteiger partial charge in [-0.25, -0.2) is 17.2 Å². The molecule has 1 aliphatic heterocycles. The molecular weight excluding hydrogens is 570 g/mol. The number of anilines is 1. The van der Waals surface area contributed by atoms with Gasteiger partial charge in [0.1, 0.15) is 11.6 Å². The Morgan fingerprint density at radius 1 is 1.00 bits per heavy atom. The molecule has 1 aliphatic rings. The minimum absolute atomic E-state index is 0.0860. The van der Waals surface area contributed by atoms with Gasteiger partial charge in [-0.1, -0.05) is 24.3 Å². The number of fused-ring (bicyclic) bond motifs is 2. The summed E-state index contributed by atoms with van der Waals surface area (Å²) in [5, 5.41) is 9.02. The van der Waals surface area contributed by atoms with Crippen LogP contribution in [-0.2, 0) is 34.4 Å². The van der Waals surface area contributed by atoms with E-state index in [2.05, 4.69) is 0 Å². The summed E-state index contributed by atoms with van der Waals surface area (Å²) in [5.41, 5.74) is 3.08. The van der Waals surface area contributed by atoms with Gasteiger partial charge < -0.3 is 23.7 Å². The van der Waals surface area contributed by atoms with Crippen molar-refractivity contribution >= 4 is 39.0 Å². The van der Waals surface area contributed by atoms with Gasteiger partial charge >= 0.3 is 11.9 Å². The van der Waals surface area contributed by atoms with Crippen LogP contribution in [0.3, 0.4) is 0 Å². The molecule has 0 saturated heterocycles. The van der Waals surface area contributed by atoms with E-state index in [0.717, 1.165) is 5.56 Å². The number of ether oxygens (including phenoxy) is 1. The average molecular weight is 597 g/mol. The summed E-state index contributed by atoms with van der Waals surface area (Å²) in [4.78, 5) is 12.8. The van der Waals surface area contributed by atoms with Crippen molar-refractivity contribution < 1.29 is 45.4 Å². The van der Waals surface area contributed by atoms with Gasteiger partial charge in [0.15, 0.2) is 12.3 Å². The lowest BCUT2D eigenvalue weighted by atomic mass is 10.1. The van der Waals surface area contributed by atoms with Crippen LogP contribution in [0, 0.1) is 11.6 Å². The summed E-state index contributed by atoms with van der Waals surface area (Å²) in [6.07, 6.45) is 5.42. The molecule has 0 fully saturated rings. The number of carboxylic acids is 1. The standard InChI is InChI=1S/C30H26F2N2O7S/c31-22-10-12-24-26(17-22)40-28(33(24)14-1-2-15-42(37,38)39)4-3-5-29-34(25-13-11-23(32)18-27(25)41-29)19-21-8-6-20(7-9-21)16-30(35)36/h3-13,17-18H,1-2,14-16,19H2,(H-,35,36,37,38,39). The van der Waals surface area contributed by atoms with Crippen LogP contribution in [0.15, 0.2) is 83.1 Å². The summed E-state index contributed by atoms with van der Waals surface area (Å²) < 4.78 is 74.3. The van der Waals surface area contributed by atoms with Gasteiger partial charge in [0.25, 0.3) is 5.52 Å². The number of aryl methyl sites for hydroxylation is 1. The third-order valence-corrected chi connectivity index (χ3v) is 7.40. The molecule has 0 atom stereocenters. The molecule has 0 radical (unpaired) electrons. The molecule has 1 aromatic heterocycles. The summed E-state index contributed by atoms with van der Waals surface area (Å²) in [6, 6.07) is 15.4. The van der Waals surface area contributed by atoms with Gasteiger partial charge in [0.05, 0.1) is 34.8 Å². The second-order valence-corrected chi connectivity index (χ2v) is 11.2. The summed E-state index contributed by atoms with van der Waals surface area (Å²) in [7, 11) is -4.33. The number of aliphatic carboxylic acids is 1. The monoisotopic (exact) mass is 596 g/mol. The molecule has 3 aromatic carbocycles. The number of nitrogens with zero attached hydrogens (tertiary/aromatic N) is 2. The van der Waals surface area contributed by atoms with Crippen LogP contribution in [0.4, 0.5) is 14.5 Å². The fourth-order valence-corrected chi connectivity index (χ4v) is 5.24. The maximum atomic E-state index is 14.0. The second kappa shape index (κ2) is 12.1. The number of hydrogen-bond donors (Lipinski definition) is 1. The van der Waals surface area contributed by atoms with E-state index in [1.165, 1.54) is 24.3 Å². The highest BCUT2D eigenvalue weighted by atomic mass is 32.2. The Labute approximate surface area is 240 Å². The predicted octanol–water partition coefficient (Wildman–Crippen LogP) is 4.90. The Bertz CT molecular complexity index is 1800. The van der Waals surface area contributed by atoms with Crippen LogP contribution >= 0.6 is 0 Å². The molecule has 9 nitrogen and oxygen atoms in total. The number of rotatable bonds is 11. The lowest BCUT2D eigenvalue weighted by molar-refractivity contribution is -0.678. The molecule has 1 N–H and O–H groups in total. The second-order valence-electron chi connectivity index (χ2n) is 9.72. The maximum Gasteiger partial charge on any atom is 0.374 e. The normalized spacial score (nSPS) is 14.2. The number of oxazole rings is 1. The molecule has 218 valence electrons. The van der Waals surface area contributed by atoms with Crippen molar-refractivity contribution in [1.29, 1.82) is 0 Å². The molecule has 0 unspecified atom stereocenters. The van der Waals surface area contributed by atoms with E-state index in [0.29, 0.717) is 59.4 Å². The zero-order chi connectivity index (χ0) is 29.9. The van der Waals surface area contributed by atoms with Gasteiger partial charge in [-0.3, -0.25) is 4.79 Å².